The highest BCUT2D eigenvalue weighted by Crippen LogP contribution is 2.39. The molecule has 4 heteroatoms. The molecule has 1 fully saturated rings. The number of halogens is 3. The largest absolute Gasteiger partial charge is 0.281 e. The zero-order valence-corrected chi connectivity index (χ0v) is 9.90. The third-order valence-corrected chi connectivity index (χ3v) is 3.77. The van der Waals surface area contributed by atoms with Crippen LogP contribution in [0.2, 0.25) is 5.02 Å². The van der Waals surface area contributed by atoms with Gasteiger partial charge < -0.3 is 0 Å². The first kappa shape index (κ1) is 9.63. The van der Waals surface area contributed by atoms with E-state index in [2.05, 4.69) is 15.9 Å². The van der Waals surface area contributed by atoms with Gasteiger partial charge in [0, 0.05) is 22.3 Å². The lowest BCUT2D eigenvalue weighted by Gasteiger charge is -2.16. The summed E-state index contributed by atoms with van der Waals surface area (Å²) in [6.45, 7) is 0. The monoisotopic (exact) mass is 279 g/mol. The van der Waals surface area contributed by atoms with Crippen molar-refractivity contribution in [2.45, 2.75) is 18.9 Å². The topological polar surface area (TPSA) is 3.24 Å². The molecule has 0 unspecified atom stereocenters. The van der Waals surface area contributed by atoms with Gasteiger partial charge >= 0.3 is 0 Å². The second kappa shape index (κ2) is 3.68. The smallest absolute Gasteiger partial charge is 0.0794 e. The fourth-order valence-corrected chi connectivity index (χ4v) is 2.11. The van der Waals surface area contributed by atoms with Crippen molar-refractivity contribution in [1.82, 2.24) is 0 Å². The first-order valence-electron chi connectivity index (χ1n) is 4.09. The van der Waals surface area contributed by atoms with Crippen LogP contribution < -0.4 is 4.42 Å². The summed E-state index contributed by atoms with van der Waals surface area (Å²) in [5.74, 6) is 0. The zero-order valence-electron chi connectivity index (χ0n) is 6.80. The Hall–Kier alpha value is 0.0800. The molecule has 0 heterocycles. The number of benzene rings is 1. The highest BCUT2D eigenvalue weighted by atomic mass is 79.9. The number of nitrogens with zero attached hydrogens (tertiary/aromatic N) is 1. The molecule has 70 valence electrons. The van der Waals surface area contributed by atoms with E-state index in [9.17, 15) is 0 Å². The lowest BCUT2D eigenvalue weighted by molar-refractivity contribution is 1.04. The second-order valence-corrected chi connectivity index (χ2v) is 4.71. The van der Waals surface area contributed by atoms with Gasteiger partial charge in [-0.15, -0.1) is 0 Å². The quantitative estimate of drug-likeness (QED) is 0.733. The first-order chi connectivity index (χ1) is 6.20. The van der Waals surface area contributed by atoms with Crippen molar-refractivity contribution in [2.24, 2.45) is 0 Å². The van der Waals surface area contributed by atoms with Crippen LogP contribution >= 0.6 is 39.3 Å². The molecule has 1 aromatic carbocycles. The van der Waals surface area contributed by atoms with Gasteiger partial charge in [0.25, 0.3) is 0 Å². The molecular weight excluding hydrogens is 273 g/mol. The Morgan fingerprint density at radius 2 is 2.08 bits per heavy atom. The van der Waals surface area contributed by atoms with E-state index in [0.29, 0.717) is 11.1 Å². The molecule has 0 aliphatic heterocycles. The van der Waals surface area contributed by atoms with Gasteiger partial charge in [-0.25, -0.2) is 0 Å². The first-order valence-corrected chi connectivity index (χ1v) is 5.60. The fourth-order valence-electron chi connectivity index (χ4n) is 1.16. The maximum absolute atomic E-state index is 6.11. The van der Waals surface area contributed by atoms with Crippen LogP contribution in [0.4, 0.5) is 5.69 Å². The third-order valence-electron chi connectivity index (χ3n) is 2.03. The maximum Gasteiger partial charge on any atom is 0.0794 e. The second-order valence-electron chi connectivity index (χ2n) is 3.12. The van der Waals surface area contributed by atoms with Crippen LogP contribution in [0.25, 0.3) is 0 Å². The molecule has 1 aliphatic rings. The minimum absolute atomic E-state index is 0.466. The van der Waals surface area contributed by atoms with Crippen LogP contribution in [0.3, 0.4) is 0 Å². The lowest BCUT2D eigenvalue weighted by Crippen LogP contribution is -2.12. The SMILES string of the molecule is Clc1c(Br)cccc1N(Cl)C1CC1. The van der Waals surface area contributed by atoms with Crippen LogP contribution in [0.15, 0.2) is 22.7 Å². The molecule has 0 atom stereocenters. The number of hydrogen-bond acceptors (Lipinski definition) is 1. The average Bonchev–Trinajstić information content (AvgIpc) is 2.91. The van der Waals surface area contributed by atoms with Crippen molar-refractivity contribution < 1.29 is 0 Å². The Balaban J connectivity index is 2.32. The minimum atomic E-state index is 0.466. The summed E-state index contributed by atoms with van der Waals surface area (Å²) in [4.78, 5) is 0. The van der Waals surface area contributed by atoms with E-state index in [0.717, 1.165) is 23.0 Å². The van der Waals surface area contributed by atoms with Gasteiger partial charge in [-0.3, -0.25) is 4.42 Å². The summed E-state index contributed by atoms with van der Waals surface area (Å²) in [5, 5.41) is 0.685. The molecule has 0 saturated heterocycles. The van der Waals surface area contributed by atoms with Crippen molar-refractivity contribution in [3.63, 3.8) is 0 Å². The molecule has 2 rings (SSSR count). The van der Waals surface area contributed by atoms with E-state index in [1.807, 2.05) is 18.2 Å². The predicted octanol–water partition coefficient (Wildman–Crippen LogP) is 4.23. The highest BCUT2D eigenvalue weighted by molar-refractivity contribution is 9.10. The van der Waals surface area contributed by atoms with Crippen LogP contribution in [0, 0.1) is 0 Å². The molecule has 1 nitrogen and oxygen atoms in total. The Labute approximate surface area is 95.9 Å². The van der Waals surface area contributed by atoms with Gasteiger partial charge in [0.15, 0.2) is 0 Å². The van der Waals surface area contributed by atoms with E-state index in [4.69, 9.17) is 23.4 Å². The Bertz CT molecular complexity index is 325. The molecule has 1 aliphatic carbocycles. The molecule has 0 spiro atoms. The molecule has 0 aromatic heterocycles. The van der Waals surface area contributed by atoms with Gasteiger partial charge in [-0.05, 0) is 40.9 Å². The van der Waals surface area contributed by atoms with Crippen LogP contribution in [-0.4, -0.2) is 6.04 Å². The lowest BCUT2D eigenvalue weighted by atomic mass is 10.3. The summed E-state index contributed by atoms with van der Waals surface area (Å²) < 4.78 is 2.62. The molecule has 0 amide bonds. The van der Waals surface area contributed by atoms with E-state index in [1.165, 1.54) is 0 Å². The van der Waals surface area contributed by atoms with Crippen LogP contribution in [0.5, 0.6) is 0 Å². The zero-order chi connectivity index (χ0) is 9.42. The number of anilines is 1. The Kier molecular flexibility index (Phi) is 2.72. The molecule has 1 aromatic rings. The standard InChI is InChI=1S/C9H8BrCl2N/c10-7-2-1-3-8(9(7)11)13(12)6-4-5-6/h1-3,6H,4-5H2. The van der Waals surface area contributed by atoms with E-state index in [-0.39, 0.29) is 0 Å². The third kappa shape index (κ3) is 1.95. The van der Waals surface area contributed by atoms with Gasteiger partial charge in [0.05, 0.1) is 10.7 Å². The normalized spacial score (nSPS) is 15.9. The summed E-state index contributed by atoms with van der Waals surface area (Å²) in [6.07, 6.45) is 2.32. The van der Waals surface area contributed by atoms with Gasteiger partial charge in [-0.1, -0.05) is 17.7 Å². The molecule has 0 radical (unpaired) electrons. The average molecular weight is 281 g/mol. The van der Waals surface area contributed by atoms with Crippen molar-refractivity contribution in [1.29, 1.82) is 0 Å². The maximum atomic E-state index is 6.11. The van der Waals surface area contributed by atoms with Crippen LogP contribution in [-0.2, 0) is 0 Å². The van der Waals surface area contributed by atoms with Crippen molar-refractivity contribution in [2.75, 3.05) is 4.42 Å². The van der Waals surface area contributed by atoms with Gasteiger partial charge in [0.1, 0.15) is 0 Å². The number of hydrogen-bond donors (Lipinski definition) is 0. The molecule has 0 N–H and O–H groups in total. The summed E-state index contributed by atoms with van der Waals surface area (Å²) in [5.41, 5.74) is 0.889. The van der Waals surface area contributed by atoms with Crippen LogP contribution in [0.1, 0.15) is 12.8 Å². The van der Waals surface area contributed by atoms with Crippen molar-refractivity contribution >= 4 is 45.0 Å². The summed E-state index contributed by atoms with van der Waals surface area (Å²) in [7, 11) is 0. The minimum Gasteiger partial charge on any atom is -0.281 e. The van der Waals surface area contributed by atoms with Gasteiger partial charge in [-0.2, -0.15) is 0 Å². The Morgan fingerprint density at radius 1 is 1.38 bits per heavy atom. The molecular formula is C9H8BrCl2N. The molecule has 13 heavy (non-hydrogen) atoms. The van der Waals surface area contributed by atoms with Gasteiger partial charge in [0.2, 0.25) is 0 Å². The highest BCUT2D eigenvalue weighted by Gasteiger charge is 2.29. The van der Waals surface area contributed by atoms with Crippen molar-refractivity contribution in [3.05, 3.63) is 27.7 Å². The number of rotatable bonds is 2. The molecule has 1 saturated carbocycles. The molecule has 0 bridgehead atoms. The van der Waals surface area contributed by atoms with Crippen molar-refractivity contribution in [3.8, 4) is 0 Å². The van der Waals surface area contributed by atoms with E-state index >= 15 is 0 Å². The Morgan fingerprint density at radius 3 is 2.69 bits per heavy atom. The van der Waals surface area contributed by atoms with E-state index in [1.54, 1.807) is 4.42 Å². The summed E-state index contributed by atoms with van der Waals surface area (Å²) in [6, 6.07) is 6.23. The predicted molar refractivity (Wildman–Crippen MR) is 60.5 cm³/mol. The fraction of sp³-hybridized carbons (Fsp3) is 0.333. The summed E-state index contributed by atoms with van der Waals surface area (Å²) >= 11 is 15.6. The van der Waals surface area contributed by atoms with E-state index < -0.39 is 0 Å².